The average Bonchev–Trinajstić information content (AvgIpc) is 3.44. The number of carbonyl (C=O) groups is 1. The van der Waals surface area contributed by atoms with Gasteiger partial charge in [-0.25, -0.2) is 4.79 Å². The third-order valence-electron chi connectivity index (χ3n) is 4.77. The molecule has 0 saturated heterocycles. The molecule has 0 aliphatic carbocycles. The van der Waals surface area contributed by atoms with Crippen LogP contribution in [-0.4, -0.2) is 18.3 Å². The Balaban J connectivity index is 1.65. The molecule has 1 aliphatic heterocycles. The van der Waals surface area contributed by atoms with E-state index < -0.39 is 0 Å². The predicted octanol–water partition coefficient (Wildman–Crippen LogP) is 5.15. The molecule has 2 aromatic carbocycles. The lowest BCUT2D eigenvalue weighted by molar-refractivity contribution is 0.0526. The summed E-state index contributed by atoms with van der Waals surface area (Å²) in [5.74, 6) is -0.317. The van der Waals surface area contributed by atoms with Crippen molar-refractivity contribution in [2.45, 2.75) is 19.4 Å². The maximum Gasteiger partial charge on any atom is 0.338 e. The first-order valence-electron chi connectivity index (χ1n) is 9.37. The van der Waals surface area contributed by atoms with E-state index in [9.17, 15) is 4.79 Å². The van der Waals surface area contributed by atoms with E-state index in [2.05, 4.69) is 17.5 Å². The maximum absolute atomic E-state index is 11.9. The van der Waals surface area contributed by atoms with E-state index in [1.54, 1.807) is 30.4 Å². The van der Waals surface area contributed by atoms with Gasteiger partial charge in [-0.05, 0) is 60.3 Å². The van der Waals surface area contributed by atoms with Crippen molar-refractivity contribution in [1.29, 1.82) is 5.26 Å². The fourth-order valence-corrected chi connectivity index (χ4v) is 4.14. The van der Waals surface area contributed by atoms with Gasteiger partial charge >= 0.3 is 5.97 Å². The molecule has 5 nitrogen and oxygen atoms in total. The van der Waals surface area contributed by atoms with Crippen LogP contribution in [0.25, 0.3) is 0 Å². The highest BCUT2D eigenvalue weighted by atomic mass is 32.1. The number of nitrogens with zero attached hydrogens (tertiary/aromatic N) is 3. The number of ether oxygens (including phenoxy) is 1. The Morgan fingerprint density at radius 1 is 1.21 bits per heavy atom. The number of hydrogen-bond acceptors (Lipinski definition) is 6. The fraction of sp³-hybridized carbons (Fsp3) is 0.174. The molecular weight excluding hydrogens is 382 g/mol. The summed E-state index contributed by atoms with van der Waals surface area (Å²) < 4.78 is 5.05. The lowest BCUT2D eigenvalue weighted by Crippen LogP contribution is -2.17. The van der Waals surface area contributed by atoms with Crippen molar-refractivity contribution >= 4 is 28.7 Å². The Bertz CT molecular complexity index is 1060. The van der Waals surface area contributed by atoms with E-state index >= 15 is 0 Å². The van der Waals surface area contributed by atoms with Crippen molar-refractivity contribution in [2.75, 3.05) is 11.6 Å². The van der Waals surface area contributed by atoms with Crippen LogP contribution in [0.2, 0.25) is 0 Å². The molecule has 2 heterocycles. The molecule has 6 heteroatoms. The van der Waals surface area contributed by atoms with Crippen molar-refractivity contribution in [2.24, 2.45) is 5.10 Å². The monoisotopic (exact) mass is 401 g/mol. The first-order valence-corrected chi connectivity index (χ1v) is 10.3. The van der Waals surface area contributed by atoms with Gasteiger partial charge in [0.2, 0.25) is 0 Å². The van der Waals surface area contributed by atoms with Gasteiger partial charge in [0.25, 0.3) is 0 Å². The third kappa shape index (κ3) is 3.91. The van der Waals surface area contributed by atoms with Gasteiger partial charge in [-0.1, -0.05) is 18.2 Å². The Labute approximate surface area is 173 Å². The van der Waals surface area contributed by atoms with Crippen LogP contribution in [0.3, 0.4) is 0 Å². The molecule has 0 amide bonds. The molecule has 29 heavy (non-hydrogen) atoms. The highest BCUT2D eigenvalue weighted by Gasteiger charge is 2.30. The molecule has 1 aromatic heterocycles. The van der Waals surface area contributed by atoms with E-state index in [-0.39, 0.29) is 12.0 Å². The minimum atomic E-state index is -0.317. The summed E-state index contributed by atoms with van der Waals surface area (Å²) in [6.07, 6.45) is 0.763. The second-order valence-corrected chi connectivity index (χ2v) is 7.56. The van der Waals surface area contributed by atoms with E-state index in [1.807, 2.05) is 47.5 Å². The quantitative estimate of drug-likeness (QED) is 0.555. The summed E-state index contributed by atoms with van der Waals surface area (Å²) in [5, 5.41) is 18.0. The standard InChI is InChI=1S/C23H19N3O2S/c1-2-28-23(27)18-9-7-17(8-10-18)20-14-21(22-4-3-13-29-22)26(25-20)19-11-5-16(15-24)6-12-19/h3-13,21H,2,14H2,1H3. The zero-order valence-corrected chi connectivity index (χ0v) is 16.7. The molecule has 3 aromatic rings. The molecule has 1 aliphatic rings. The van der Waals surface area contributed by atoms with Crippen molar-refractivity contribution in [3.8, 4) is 6.07 Å². The predicted molar refractivity (Wildman–Crippen MR) is 114 cm³/mol. The lowest BCUT2D eigenvalue weighted by Gasteiger charge is -2.22. The Morgan fingerprint density at radius 2 is 1.97 bits per heavy atom. The maximum atomic E-state index is 11.9. The largest absolute Gasteiger partial charge is 0.462 e. The van der Waals surface area contributed by atoms with Crippen molar-refractivity contribution in [3.05, 3.63) is 87.6 Å². The zero-order valence-electron chi connectivity index (χ0n) is 15.9. The van der Waals surface area contributed by atoms with E-state index in [1.165, 1.54) is 4.88 Å². The van der Waals surface area contributed by atoms with E-state index in [0.717, 1.165) is 23.4 Å². The minimum absolute atomic E-state index is 0.0997. The topological polar surface area (TPSA) is 65.7 Å². The van der Waals surface area contributed by atoms with E-state index in [4.69, 9.17) is 15.1 Å². The summed E-state index contributed by atoms with van der Waals surface area (Å²) in [4.78, 5) is 13.1. The molecule has 1 atom stereocenters. The molecule has 144 valence electrons. The van der Waals surface area contributed by atoms with Crippen LogP contribution in [0.1, 0.15) is 45.7 Å². The SMILES string of the molecule is CCOC(=O)c1ccc(C2=NN(c3ccc(C#N)cc3)C(c3cccs3)C2)cc1. The first kappa shape index (κ1) is 18.9. The van der Waals surface area contributed by atoms with Gasteiger partial charge in [0.05, 0.1) is 41.2 Å². The van der Waals surface area contributed by atoms with Gasteiger partial charge in [-0.15, -0.1) is 11.3 Å². The molecule has 0 spiro atoms. The third-order valence-corrected chi connectivity index (χ3v) is 5.75. The Morgan fingerprint density at radius 3 is 2.59 bits per heavy atom. The summed E-state index contributed by atoms with van der Waals surface area (Å²) in [6, 6.07) is 21.3. The number of benzene rings is 2. The number of hydrogen-bond donors (Lipinski definition) is 0. The van der Waals surface area contributed by atoms with Gasteiger partial charge in [0.15, 0.2) is 0 Å². The highest BCUT2D eigenvalue weighted by Crippen LogP contribution is 2.38. The summed E-state index contributed by atoms with van der Waals surface area (Å²) in [5.41, 5.74) is 4.05. The minimum Gasteiger partial charge on any atom is -0.462 e. The number of nitriles is 1. The van der Waals surface area contributed by atoms with Gasteiger partial charge in [-0.3, -0.25) is 5.01 Å². The molecule has 0 fully saturated rings. The number of rotatable bonds is 5. The summed E-state index contributed by atoms with van der Waals surface area (Å²) in [6.45, 7) is 2.15. The molecule has 0 bridgehead atoms. The molecule has 0 saturated carbocycles. The van der Waals surface area contributed by atoms with Crippen LogP contribution in [0.4, 0.5) is 5.69 Å². The van der Waals surface area contributed by atoms with E-state index in [0.29, 0.717) is 17.7 Å². The summed E-state index contributed by atoms with van der Waals surface area (Å²) in [7, 11) is 0. The first-order chi connectivity index (χ1) is 14.2. The van der Waals surface area contributed by atoms with Crippen LogP contribution in [0.5, 0.6) is 0 Å². The molecule has 0 N–H and O–H groups in total. The van der Waals surface area contributed by atoms with Gasteiger partial charge in [-0.2, -0.15) is 10.4 Å². The molecular formula is C23H19N3O2S. The van der Waals surface area contributed by atoms with Crippen molar-refractivity contribution in [3.63, 3.8) is 0 Å². The van der Waals surface area contributed by atoms with Crippen LogP contribution in [0, 0.1) is 11.3 Å². The number of thiophene rings is 1. The molecule has 1 unspecified atom stereocenters. The second kappa shape index (κ2) is 8.29. The fourth-order valence-electron chi connectivity index (χ4n) is 3.33. The number of carbonyl (C=O) groups excluding carboxylic acids is 1. The lowest BCUT2D eigenvalue weighted by atomic mass is 10.0. The molecule has 4 rings (SSSR count). The zero-order chi connectivity index (χ0) is 20.2. The van der Waals surface area contributed by atoms with Gasteiger partial charge in [0.1, 0.15) is 0 Å². The van der Waals surface area contributed by atoms with Gasteiger partial charge in [0, 0.05) is 11.3 Å². The van der Waals surface area contributed by atoms with Crippen molar-refractivity contribution in [1.82, 2.24) is 0 Å². The second-order valence-electron chi connectivity index (χ2n) is 6.58. The smallest absolute Gasteiger partial charge is 0.338 e. The normalized spacial score (nSPS) is 15.7. The highest BCUT2D eigenvalue weighted by molar-refractivity contribution is 7.10. The molecule has 0 radical (unpaired) electrons. The van der Waals surface area contributed by atoms with Crippen molar-refractivity contribution < 1.29 is 9.53 Å². The Kier molecular flexibility index (Phi) is 5.41. The van der Waals surface area contributed by atoms with Crippen LogP contribution < -0.4 is 5.01 Å². The van der Waals surface area contributed by atoms with Crippen LogP contribution in [0.15, 0.2) is 71.1 Å². The average molecular weight is 401 g/mol. The number of hydrazone groups is 1. The van der Waals surface area contributed by atoms with Crippen LogP contribution >= 0.6 is 11.3 Å². The number of anilines is 1. The van der Waals surface area contributed by atoms with Crippen LogP contribution in [-0.2, 0) is 4.74 Å². The summed E-state index contributed by atoms with van der Waals surface area (Å²) >= 11 is 1.71. The Hall–Kier alpha value is -3.43. The van der Waals surface area contributed by atoms with Gasteiger partial charge < -0.3 is 4.74 Å². The number of esters is 1.